The van der Waals surface area contributed by atoms with Crippen LogP contribution in [0, 0.1) is 0 Å². The summed E-state index contributed by atoms with van der Waals surface area (Å²) in [6.07, 6.45) is 0. The van der Waals surface area contributed by atoms with Crippen LogP contribution < -0.4 is 0 Å². The molecule has 0 bridgehead atoms. The zero-order valence-electron chi connectivity index (χ0n) is 5.29. The van der Waals surface area contributed by atoms with Gasteiger partial charge in [0, 0.05) is 5.75 Å². The number of carbonyl (C=O) groups excluding carboxylic acids is 1. The van der Waals surface area contributed by atoms with Gasteiger partial charge in [0.15, 0.2) is 0 Å². The van der Waals surface area contributed by atoms with Crippen LogP contribution >= 0.6 is 12.6 Å². The minimum atomic E-state index is -0.350. The van der Waals surface area contributed by atoms with Crippen LogP contribution in [0.5, 0.6) is 0 Å². The molecule has 0 aliphatic carbocycles. The van der Waals surface area contributed by atoms with E-state index in [1.165, 1.54) is 7.11 Å². The van der Waals surface area contributed by atoms with Gasteiger partial charge in [-0.3, -0.25) is 0 Å². The number of thiol groups is 1. The summed E-state index contributed by atoms with van der Waals surface area (Å²) in [5.74, 6) is 0.272. The topological polar surface area (TPSA) is 35.5 Å². The lowest BCUT2D eigenvalue weighted by atomic mass is 10.7. The lowest BCUT2D eigenvalue weighted by Gasteiger charge is -1.98. The number of hydrogen-bond acceptors (Lipinski definition) is 4. The predicted octanol–water partition coefficient (Wildman–Crippen LogP) is 0.106. The van der Waals surface area contributed by atoms with E-state index in [1.807, 2.05) is 0 Å². The molecule has 0 N–H and O–H groups in total. The Kier molecular flexibility index (Phi) is 5.76. The molecule has 0 aromatic rings. The molecule has 3 nitrogen and oxygen atoms in total. The van der Waals surface area contributed by atoms with E-state index in [-0.39, 0.29) is 12.6 Å². The highest BCUT2D eigenvalue weighted by Crippen LogP contribution is 1.79. The van der Waals surface area contributed by atoms with Gasteiger partial charge in [-0.15, -0.1) is 0 Å². The minimum absolute atomic E-state index is 0.0249. The highest BCUT2D eigenvalue weighted by molar-refractivity contribution is 7.80. The van der Waals surface area contributed by atoms with Crippen molar-refractivity contribution in [1.29, 1.82) is 0 Å². The Morgan fingerprint density at radius 2 is 2.33 bits per heavy atom. The van der Waals surface area contributed by atoms with E-state index < -0.39 is 0 Å². The van der Waals surface area contributed by atoms with E-state index in [9.17, 15) is 4.79 Å². The zero-order chi connectivity index (χ0) is 7.11. The molecule has 0 aliphatic rings. The maximum Gasteiger partial charge on any atom is 0.331 e. The molecule has 0 aromatic heterocycles. The monoisotopic (exact) mass is 150 g/mol. The molecule has 0 amide bonds. The molecule has 0 atom stereocenters. The van der Waals surface area contributed by atoms with Gasteiger partial charge in [-0.25, -0.2) is 4.79 Å². The van der Waals surface area contributed by atoms with Crippen molar-refractivity contribution in [2.45, 2.75) is 0 Å². The summed E-state index contributed by atoms with van der Waals surface area (Å²) in [7, 11) is 1.33. The average Bonchev–Trinajstić information content (AvgIpc) is 1.89. The summed E-state index contributed by atoms with van der Waals surface area (Å²) in [5.41, 5.74) is 0. The Morgan fingerprint density at radius 3 is 2.78 bits per heavy atom. The Labute approximate surface area is 59.7 Å². The van der Waals surface area contributed by atoms with Gasteiger partial charge < -0.3 is 9.47 Å². The molecule has 9 heavy (non-hydrogen) atoms. The van der Waals surface area contributed by atoms with Gasteiger partial charge in [-0.1, -0.05) is 0 Å². The molecular formula is C5H10O3S. The molecule has 0 heterocycles. The van der Waals surface area contributed by atoms with Crippen molar-refractivity contribution in [3.63, 3.8) is 0 Å². The van der Waals surface area contributed by atoms with Crippen molar-refractivity contribution in [2.75, 3.05) is 26.1 Å². The lowest BCUT2D eigenvalue weighted by molar-refractivity contribution is -0.145. The van der Waals surface area contributed by atoms with Crippen molar-refractivity contribution >= 4 is 18.6 Å². The number of carbonyl (C=O) groups is 1. The van der Waals surface area contributed by atoms with Crippen LogP contribution in [0.2, 0.25) is 0 Å². The third-order valence-electron chi connectivity index (χ3n) is 0.683. The van der Waals surface area contributed by atoms with E-state index in [0.717, 1.165) is 0 Å². The van der Waals surface area contributed by atoms with Gasteiger partial charge in [0.25, 0.3) is 0 Å². The first-order valence-corrected chi connectivity index (χ1v) is 3.20. The fourth-order valence-corrected chi connectivity index (χ4v) is 0.408. The van der Waals surface area contributed by atoms with Crippen LogP contribution in [0.25, 0.3) is 0 Å². The lowest BCUT2D eigenvalue weighted by Crippen LogP contribution is -2.11. The number of hydrogen-bond donors (Lipinski definition) is 1. The Hall–Kier alpha value is -0.220. The van der Waals surface area contributed by atoms with Crippen LogP contribution in [-0.4, -0.2) is 32.0 Å². The highest BCUT2D eigenvalue weighted by Gasteiger charge is 1.96. The van der Waals surface area contributed by atoms with E-state index in [0.29, 0.717) is 12.4 Å². The fourth-order valence-electron chi connectivity index (χ4n) is 0.279. The molecule has 0 aliphatic heterocycles. The molecule has 0 unspecified atom stereocenters. The van der Waals surface area contributed by atoms with Crippen molar-refractivity contribution in [3.8, 4) is 0 Å². The maximum absolute atomic E-state index is 10.3. The largest absolute Gasteiger partial charge is 0.467 e. The van der Waals surface area contributed by atoms with Crippen LogP contribution in [0.4, 0.5) is 0 Å². The van der Waals surface area contributed by atoms with Gasteiger partial charge >= 0.3 is 5.97 Å². The van der Waals surface area contributed by atoms with Gasteiger partial charge in [0.2, 0.25) is 0 Å². The summed E-state index contributed by atoms with van der Waals surface area (Å²) < 4.78 is 9.09. The van der Waals surface area contributed by atoms with Crippen molar-refractivity contribution < 1.29 is 14.3 Å². The second-order valence-electron chi connectivity index (χ2n) is 1.35. The molecule has 0 spiro atoms. The van der Waals surface area contributed by atoms with Crippen molar-refractivity contribution in [3.05, 3.63) is 0 Å². The quantitative estimate of drug-likeness (QED) is 0.351. The summed E-state index contributed by atoms with van der Waals surface area (Å²) in [6.45, 7) is 0.509. The van der Waals surface area contributed by atoms with Gasteiger partial charge in [-0.05, 0) is 0 Å². The first-order chi connectivity index (χ1) is 4.31. The summed E-state index contributed by atoms with van der Waals surface area (Å²) in [6, 6.07) is 0. The van der Waals surface area contributed by atoms with E-state index in [1.54, 1.807) is 0 Å². The number of ether oxygens (including phenoxy) is 2. The Bertz CT molecular complexity index is 84.3. The Morgan fingerprint density at radius 1 is 1.67 bits per heavy atom. The first-order valence-electron chi connectivity index (χ1n) is 2.56. The normalized spacial score (nSPS) is 9.11. The third-order valence-corrected chi connectivity index (χ3v) is 0.866. The second kappa shape index (κ2) is 5.91. The molecule has 0 aromatic carbocycles. The fraction of sp³-hybridized carbons (Fsp3) is 0.800. The van der Waals surface area contributed by atoms with E-state index >= 15 is 0 Å². The summed E-state index contributed by atoms with van der Waals surface area (Å²) >= 11 is 3.88. The SMILES string of the molecule is COC(=O)COCCS. The zero-order valence-corrected chi connectivity index (χ0v) is 6.19. The first kappa shape index (κ1) is 8.78. The molecule has 0 radical (unpaired) electrons. The number of methoxy groups -OCH3 is 1. The Balaban J connectivity index is 2.97. The molecule has 0 fully saturated rings. The molecule has 0 saturated heterocycles. The summed E-state index contributed by atoms with van der Waals surface area (Å²) in [5, 5.41) is 0. The van der Waals surface area contributed by atoms with Crippen LogP contribution in [0.1, 0.15) is 0 Å². The number of rotatable bonds is 4. The van der Waals surface area contributed by atoms with Gasteiger partial charge in [0.05, 0.1) is 13.7 Å². The van der Waals surface area contributed by atoms with Crippen LogP contribution in [0.3, 0.4) is 0 Å². The van der Waals surface area contributed by atoms with E-state index in [4.69, 9.17) is 4.74 Å². The smallest absolute Gasteiger partial charge is 0.331 e. The molecule has 0 rings (SSSR count). The number of esters is 1. The molecule has 54 valence electrons. The van der Waals surface area contributed by atoms with Crippen molar-refractivity contribution in [1.82, 2.24) is 0 Å². The third kappa shape index (κ3) is 5.65. The average molecular weight is 150 g/mol. The van der Waals surface area contributed by atoms with Crippen molar-refractivity contribution in [2.24, 2.45) is 0 Å². The van der Waals surface area contributed by atoms with Crippen LogP contribution in [0.15, 0.2) is 0 Å². The molecule has 4 heteroatoms. The van der Waals surface area contributed by atoms with Gasteiger partial charge in [-0.2, -0.15) is 12.6 Å². The second-order valence-corrected chi connectivity index (χ2v) is 1.80. The maximum atomic E-state index is 10.3. The predicted molar refractivity (Wildman–Crippen MR) is 36.7 cm³/mol. The molecular weight excluding hydrogens is 140 g/mol. The summed E-state index contributed by atoms with van der Waals surface area (Å²) in [4.78, 5) is 10.3. The standard InChI is InChI=1S/C5H10O3S/c1-7-5(6)4-8-2-3-9/h9H,2-4H2,1H3. The highest BCUT2D eigenvalue weighted by atomic mass is 32.1. The minimum Gasteiger partial charge on any atom is -0.467 e. The van der Waals surface area contributed by atoms with E-state index in [2.05, 4.69) is 17.4 Å². The van der Waals surface area contributed by atoms with Crippen LogP contribution in [-0.2, 0) is 14.3 Å². The van der Waals surface area contributed by atoms with Gasteiger partial charge in [0.1, 0.15) is 6.61 Å². The molecule has 0 saturated carbocycles.